The number of aromatic nitrogens is 4. The Morgan fingerprint density at radius 2 is 1.66 bits per heavy atom. The molecule has 2 N–H and O–H groups in total. The van der Waals surface area contributed by atoms with E-state index < -0.39 is 11.7 Å². The standard InChI is InChI=1S/C33H43N9O5/c1-33(2,3)47-32(46)36-17-27(43)41-23-11-12-24(41)19-40(18-23)29(44)20-10-13-26(34-15-20)37-31-35-16-21-14-25(30(45)39(4)5)42(28(21)38-31)22-8-6-7-9-22/h10,13-16,22-24H,6-9,11-12,17-19H2,1-5H3,(H,36,46)(H,34,35,37,38). The van der Waals surface area contributed by atoms with Crippen LogP contribution in [0.3, 0.4) is 0 Å². The fourth-order valence-electron chi connectivity index (χ4n) is 6.91. The first-order chi connectivity index (χ1) is 22.4. The van der Waals surface area contributed by atoms with E-state index >= 15 is 0 Å². The predicted octanol–water partition coefficient (Wildman–Crippen LogP) is 3.73. The molecule has 14 nitrogen and oxygen atoms in total. The van der Waals surface area contributed by atoms with E-state index in [1.54, 1.807) is 63.0 Å². The lowest BCUT2D eigenvalue weighted by Gasteiger charge is -2.41. The maximum Gasteiger partial charge on any atom is 0.408 e. The summed E-state index contributed by atoms with van der Waals surface area (Å²) in [6, 6.07) is 5.29. The van der Waals surface area contributed by atoms with Crippen LogP contribution in [0.2, 0.25) is 0 Å². The molecule has 2 saturated heterocycles. The molecule has 1 saturated carbocycles. The molecule has 2 aliphatic heterocycles. The van der Waals surface area contributed by atoms with Crippen molar-refractivity contribution in [1.29, 1.82) is 0 Å². The molecule has 3 aromatic rings. The molecule has 3 aromatic heterocycles. The topological polar surface area (TPSA) is 155 Å². The summed E-state index contributed by atoms with van der Waals surface area (Å²) in [6.45, 7) is 5.98. The van der Waals surface area contributed by atoms with Crippen LogP contribution in [0.5, 0.6) is 0 Å². The maximum atomic E-state index is 13.5. The van der Waals surface area contributed by atoms with Crippen LogP contribution in [0.25, 0.3) is 11.0 Å². The van der Waals surface area contributed by atoms with E-state index in [0.717, 1.165) is 43.9 Å². The number of piperazine rings is 1. The number of alkyl carbamates (subject to hydrolysis) is 1. The summed E-state index contributed by atoms with van der Waals surface area (Å²) in [5.74, 6) is 0.442. The average molecular weight is 646 g/mol. The van der Waals surface area contributed by atoms with Crippen LogP contribution < -0.4 is 10.6 Å². The van der Waals surface area contributed by atoms with Gasteiger partial charge in [0.15, 0.2) is 0 Å². The van der Waals surface area contributed by atoms with Crippen molar-refractivity contribution in [3.63, 3.8) is 0 Å². The normalized spacial score (nSPS) is 19.6. The lowest BCUT2D eigenvalue weighted by atomic mass is 10.1. The van der Waals surface area contributed by atoms with Gasteiger partial charge in [0.1, 0.15) is 29.3 Å². The third-order valence-electron chi connectivity index (χ3n) is 8.98. The molecule has 0 radical (unpaired) electrons. The first-order valence-corrected chi connectivity index (χ1v) is 16.3. The van der Waals surface area contributed by atoms with Crippen LogP contribution in [-0.2, 0) is 9.53 Å². The lowest BCUT2D eigenvalue weighted by molar-refractivity contribution is -0.135. The summed E-state index contributed by atoms with van der Waals surface area (Å²) in [4.78, 5) is 70.3. The number of nitrogens with one attached hydrogen (secondary N) is 2. The zero-order valence-corrected chi connectivity index (χ0v) is 27.7. The Morgan fingerprint density at radius 3 is 2.28 bits per heavy atom. The van der Waals surface area contributed by atoms with Crippen molar-refractivity contribution in [3.8, 4) is 0 Å². The number of fused-ring (bicyclic) bond motifs is 3. The third kappa shape index (κ3) is 6.86. The molecular weight excluding hydrogens is 602 g/mol. The largest absolute Gasteiger partial charge is 0.444 e. The number of pyridine rings is 1. The minimum Gasteiger partial charge on any atom is -0.444 e. The second-order valence-corrected chi connectivity index (χ2v) is 13.8. The van der Waals surface area contributed by atoms with E-state index in [4.69, 9.17) is 9.72 Å². The smallest absolute Gasteiger partial charge is 0.408 e. The Bertz CT molecular complexity index is 1660. The molecule has 3 aliphatic rings. The van der Waals surface area contributed by atoms with Crippen molar-refractivity contribution in [3.05, 3.63) is 41.9 Å². The van der Waals surface area contributed by atoms with Crippen molar-refractivity contribution < 1.29 is 23.9 Å². The number of carbonyl (C=O) groups excluding carboxylic acids is 4. The van der Waals surface area contributed by atoms with Gasteiger partial charge in [-0.2, -0.15) is 4.98 Å². The van der Waals surface area contributed by atoms with Crippen LogP contribution in [0.4, 0.5) is 16.6 Å². The fourth-order valence-corrected chi connectivity index (χ4v) is 6.91. The SMILES string of the molecule is CN(C)C(=O)c1cc2cnc(Nc3ccc(C(=O)N4CC5CCC(C4)N5C(=O)CNC(=O)OC(C)(C)C)cn3)nc2n1C1CCCC1. The summed E-state index contributed by atoms with van der Waals surface area (Å²) >= 11 is 0. The molecule has 14 heteroatoms. The Kier molecular flexibility index (Phi) is 8.77. The number of rotatable bonds is 7. The summed E-state index contributed by atoms with van der Waals surface area (Å²) in [6.07, 6.45) is 8.45. The van der Waals surface area contributed by atoms with Crippen LogP contribution in [0, 0.1) is 0 Å². The average Bonchev–Trinajstić information content (AvgIpc) is 3.74. The highest BCUT2D eigenvalue weighted by atomic mass is 16.6. The first-order valence-electron chi connectivity index (χ1n) is 16.3. The number of likely N-dealkylation sites (tertiary alicyclic amines) is 1. The van der Waals surface area contributed by atoms with E-state index in [1.807, 2.05) is 11.0 Å². The van der Waals surface area contributed by atoms with Gasteiger partial charge in [0.25, 0.3) is 11.8 Å². The Morgan fingerprint density at radius 1 is 0.957 bits per heavy atom. The van der Waals surface area contributed by atoms with E-state index in [0.29, 0.717) is 41.8 Å². The van der Waals surface area contributed by atoms with Crippen molar-refractivity contribution >= 4 is 46.6 Å². The second-order valence-electron chi connectivity index (χ2n) is 13.8. The molecule has 0 spiro atoms. The molecule has 0 aromatic carbocycles. The molecule has 5 heterocycles. The Labute approximate surface area is 273 Å². The third-order valence-corrected chi connectivity index (χ3v) is 8.98. The van der Waals surface area contributed by atoms with Gasteiger partial charge in [-0.3, -0.25) is 14.4 Å². The van der Waals surface area contributed by atoms with Crippen LogP contribution in [0.1, 0.15) is 86.2 Å². The van der Waals surface area contributed by atoms with Crippen LogP contribution >= 0.6 is 0 Å². The summed E-state index contributed by atoms with van der Waals surface area (Å²) < 4.78 is 7.30. The summed E-state index contributed by atoms with van der Waals surface area (Å²) in [7, 11) is 3.50. The van der Waals surface area contributed by atoms with Gasteiger partial charge in [-0.1, -0.05) is 12.8 Å². The van der Waals surface area contributed by atoms with Crippen LogP contribution in [0.15, 0.2) is 30.6 Å². The molecule has 1 aliphatic carbocycles. The first kappa shape index (κ1) is 32.2. The number of anilines is 2. The van der Waals surface area contributed by atoms with Gasteiger partial charge in [0.2, 0.25) is 11.9 Å². The number of hydrogen-bond acceptors (Lipinski definition) is 9. The van der Waals surface area contributed by atoms with Gasteiger partial charge in [-0.15, -0.1) is 0 Å². The number of ether oxygens (including phenoxy) is 1. The molecule has 2 bridgehead atoms. The minimum absolute atomic E-state index is 0.0671. The quantitative estimate of drug-likeness (QED) is 0.391. The van der Waals surface area contributed by atoms with Gasteiger partial charge >= 0.3 is 6.09 Å². The summed E-state index contributed by atoms with van der Waals surface area (Å²) in [5.41, 5.74) is 1.11. The molecule has 6 rings (SSSR count). The van der Waals surface area contributed by atoms with E-state index in [-0.39, 0.29) is 42.4 Å². The van der Waals surface area contributed by atoms with Gasteiger partial charge in [-0.05, 0) is 64.7 Å². The molecule has 2 unspecified atom stereocenters. The van der Waals surface area contributed by atoms with Gasteiger partial charge in [0.05, 0.1) is 5.56 Å². The maximum absolute atomic E-state index is 13.5. The highest BCUT2D eigenvalue weighted by Crippen LogP contribution is 2.35. The zero-order valence-electron chi connectivity index (χ0n) is 27.7. The molecule has 47 heavy (non-hydrogen) atoms. The number of amides is 4. The molecular formula is C33H43N9O5. The summed E-state index contributed by atoms with van der Waals surface area (Å²) in [5, 5.41) is 6.50. The van der Waals surface area contributed by atoms with E-state index in [9.17, 15) is 19.2 Å². The zero-order chi connectivity index (χ0) is 33.5. The van der Waals surface area contributed by atoms with Crippen molar-refractivity contribution in [2.75, 3.05) is 39.0 Å². The van der Waals surface area contributed by atoms with Crippen LogP contribution in [-0.4, -0.2) is 109 Å². The van der Waals surface area contributed by atoms with Gasteiger partial charge < -0.3 is 34.6 Å². The number of carbonyl (C=O) groups is 4. The minimum atomic E-state index is -0.649. The number of hydrogen-bond donors (Lipinski definition) is 2. The molecule has 250 valence electrons. The fraction of sp³-hybridized carbons (Fsp3) is 0.545. The Hall–Kier alpha value is -4.75. The molecule has 2 atom stereocenters. The molecule has 4 amide bonds. The number of nitrogens with zero attached hydrogens (tertiary/aromatic N) is 7. The van der Waals surface area contributed by atoms with Gasteiger partial charge in [0, 0.05) is 63.1 Å². The highest BCUT2D eigenvalue weighted by Gasteiger charge is 2.44. The highest BCUT2D eigenvalue weighted by molar-refractivity contribution is 5.98. The lowest BCUT2D eigenvalue weighted by Crippen LogP contribution is -2.58. The second kappa shape index (κ2) is 12.8. The predicted molar refractivity (Wildman–Crippen MR) is 174 cm³/mol. The van der Waals surface area contributed by atoms with E-state index in [2.05, 4.69) is 25.2 Å². The molecule has 3 fully saturated rings. The Balaban J connectivity index is 1.10. The van der Waals surface area contributed by atoms with Gasteiger partial charge in [-0.25, -0.2) is 14.8 Å². The van der Waals surface area contributed by atoms with Crippen molar-refractivity contribution in [2.24, 2.45) is 0 Å². The van der Waals surface area contributed by atoms with Crippen molar-refractivity contribution in [2.45, 2.75) is 83.0 Å². The van der Waals surface area contributed by atoms with Crippen molar-refractivity contribution in [1.82, 2.24) is 39.5 Å². The monoisotopic (exact) mass is 645 g/mol. The van der Waals surface area contributed by atoms with E-state index in [1.165, 1.54) is 6.20 Å².